The summed E-state index contributed by atoms with van der Waals surface area (Å²) in [4.78, 5) is 12.7. The predicted octanol–water partition coefficient (Wildman–Crippen LogP) is 0.376. The Morgan fingerprint density at radius 2 is 2.18 bits per heavy atom. The van der Waals surface area contributed by atoms with Gasteiger partial charge in [0, 0.05) is 6.92 Å². The maximum atomic E-state index is 11.0. The summed E-state index contributed by atoms with van der Waals surface area (Å²) < 4.78 is 0. The quantitative estimate of drug-likeness (QED) is 0.597. The second-order valence-electron chi connectivity index (χ2n) is 3.13. The molecule has 1 aliphatic heterocycles. The van der Waals surface area contributed by atoms with Crippen LogP contribution in [0, 0.1) is 0 Å². The number of hydrogen-bond acceptors (Lipinski definition) is 2. The zero-order chi connectivity index (χ0) is 8.59. The van der Waals surface area contributed by atoms with E-state index in [-0.39, 0.29) is 24.1 Å². The zero-order valence-electron chi connectivity index (χ0n) is 7.24. The molecular weight excluding hydrogens is 142 g/mol. The molecule has 1 fully saturated rings. The highest BCUT2D eigenvalue weighted by molar-refractivity contribution is 5.75. The summed E-state index contributed by atoms with van der Waals surface area (Å²) in [6.45, 7) is 5.40. The fourth-order valence-corrected chi connectivity index (χ4v) is 1.81. The number of carbonyl (C=O) groups excluding carboxylic acids is 1. The molecule has 0 radical (unpaired) electrons. The van der Waals surface area contributed by atoms with Crippen molar-refractivity contribution in [2.45, 2.75) is 45.4 Å². The first-order chi connectivity index (χ1) is 5.09. The van der Waals surface area contributed by atoms with Crippen molar-refractivity contribution in [2.24, 2.45) is 0 Å². The number of carbonyl (C=O) groups is 1. The summed E-state index contributed by atoms with van der Waals surface area (Å²) in [6.07, 6.45) is 0.523. The van der Waals surface area contributed by atoms with E-state index < -0.39 is 0 Å². The molecule has 11 heavy (non-hydrogen) atoms. The lowest BCUT2D eigenvalue weighted by Gasteiger charge is -2.50. The average molecular weight is 157 g/mol. The first-order valence-electron chi connectivity index (χ1n) is 4.06. The van der Waals surface area contributed by atoms with Crippen LogP contribution < -0.4 is 0 Å². The van der Waals surface area contributed by atoms with Gasteiger partial charge >= 0.3 is 0 Å². The number of amides is 1. The van der Waals surface area contributed by atoms with E-state index in [1.807, 2.05) is 13.8 Å². The SMILES string of the molecule is CC[C@H]1[C@@H](O)C(C)N1C(C)=O. The molecule has 0 spiro atoms. The van der Waals surface area contributed by atoms with Gasteiger partial charge in [-0.2, -0.15) is 0 Å². The Balaban J connectivity index is 2.60. The molecule has 1 amide bonds. The van der Waals surface area contributed by atoms with Gasteiger partial charge in [0.1, 0.15) is 0 Å². The lowest BCUT2D eigenvalue weighted by molar-refractivity contribution is -0.161. The maximum Gasteiger partial charge on any atom is 0.220 e. The van der Waals surface area contributed by atoms with Crippen LogP contribution in [0.4, 0.5) is 0 Å². The van der Waals surface area contributed by atoms with Crippen molar-refractivity contribution in [3.8, 4) is 0 Å². The lowest BCUT2D eigenvalue weighted by atomic mass is 9.88. The molecule has 0 saturated carbocycles. The molecule has 0 aromatic carbocycles. The van der Waals surface area contributed by atoms with Crippen LogP contribution in [0.2, 0.25) is 0 Å². The van der Waals surface area contributed by atoms with Gasteiger partial charge in [0.05, 0.1) is 18.2 Å². The van der Waals surface area contributed by atoms with Crippen LogP contribution in [-0.4, -0.2) is 34.1 Å². The molecule has 0 aromatic heterocycles. The number of nitrogens with zero attached hydrogens (tertiary/aromatic N) is 1. The van der Waals surface area contributed by atoms with Crippen LogP contribution in [0.5, 0.6) is 0 Å². The zero-order valence-corrected chi connectivity index (χ0v) is 7.24. The summed E-state index contributed by atoms with van der Waals surface area (Å²) in [5.41, 5.74) is 0. The Hall–Kier alpha value is -0.570. The van der Waals surface area contributed by atoms with Crippen molar-refractivity contribution >= 4 is 5.91 Å². The number of aliphatic hydroxyl groups excluding tert-OH is 1. The smallest absolute Gasteiger partial charge is 0.220 e. The Kier molecular flexibility index (Phi) is 2.18. The van der Waals surface area contributed by atoms with E-state index in [1.54, 1.807) is 11.8 Å². The third kappa shape index (κ3) is 1.13. The number of hydrogen-bond donors (Lipinski definition) is 1. The summed E-state index contributed by atoms with van der Waals surface area (Å²) in [5, 5.41) is 9.40. The number of likely N-dealkylation sites (tertiary alicyclic amines) is 1. The van der Waals surface area contributed by atoms with Gasteiger partial charge in [-0.25, -0.2) is 0 Å². The van der Waals surface area contributed by atoms with Crippen molar-refractivity contribution in [3.63, 3.8) is 0 Å². The molecule has 0 bridgehead atoms. The summed E-state index contributed by atoms with van der Waals surface area (Å²) in [7, 11) is 0. The van der Waals surface area contributed by atoms with E-state index in [4.69, 9.17) is 0 Å². The van der Waals surface area contributed by atoms with Gasteiger partial charge in [-0.15, -0.1) is 0 Å². The molecule has 3 nitrogen and oxygen atoms in total. The first kappa shape index (κ1) is 8.53. The van der Waals surface area contributed by atoms with Crippen molar-refractivity contribution < 1.29 is 9.90 Å². The third-order valence-electron chi connectivity index (χ3n) is 2.47. The molecule has 3 atom stereocenters. The Morgan fingerprint density at radius 1 is 1.64 bits per heavy atom. The molecule has 0 aromatic rings. The number of aliphatic hydroxyl groups is 1. The van der Waals surface area contributed by atoms with Gasteiger partial charge in [0.2, 0.25) is 5.91 Å². The topological polar surface area (TPSA) is 40.5 Å². The monoisotopic (exact) mass is 157 g/mol. The molecule has 0 aliphatic carbocycles. The van der Waals surface area contributed by atoms with Gasteiger partial charge in [0.25, 0.3) is 0 Å². The van der Waals surface area contributed by atoms with Crippen LogP contribution >= 0.6 is 0 Å². The Labute approximate surface area is 67.0 Å². The molecule has 64 valence electrons. The number of rotatable bonds is 1. The fourth-order valence-electron chi connectivity index (χ4n) is 1.81. The summed E-state index contributed by atoms with van der Waals surface area (Å²) >= 11 is 0. The first-order valence-corrected chi connectivity index (χ1v) is 4.06. The average Bonchev–Trinajstić information content (AvgIpc) is 1.96. The Morgan fingerprint density at radius 3 is 2.45 bits per heavy atom. The van der Waals surface area contributed by atoms with Crippen LogP contribution in [-0.2, 0) is 4.79 Å². The van der Waals surface area contributed by atoms with Gasteiger partial charge in [0.15, 0.2) is 0 Å². The highest BCUT2D eigenvalue weighted by atomic mass is 16.3. The molecule has 1 rings (SSSR count). The molecule has 3 heteroatoms. The summed E-state index contributed by atoms with van der Waals surface area (Å²) in [5.74, 6) is 0.0645. The molecular formula is C8H15NO2. The van der Waals surface area contributed by atoms with E-state index in [2.05, 4.69) is 0 Å². The highest BCUT2D eigenvalue weighted by Crippen LogP contribution is 2.27. The third-order valence-corrected chi connectivity index (χ3v) is 2.47. The molecule has 1 N–H and O–H groups in total. The second kappa shape index (κ2) is 2.81. The maximum absolute atomic E-state index is 11.0. The van der Waals surface area contributed by atoms with Gasteiger partial charge in [-0.1, -0.05) is 6.92 Å². The van der Waals surface area contributed by atoms with E-state index >= 15 is 0 Å². The molecule has 1 unspecified atom stereocenters. The minimum absolute atomic E-state index is 0.0115. The summed E-state index contributed by atoms with van der Waals surface area (Å²) in [6, 6.07) is 0.0694. The van der Waals surface area contributed by atoms with Crippen molar-refractivity contribution in [1.29, 1.82) is 0 Å². The van der Waals surface area contributed by atoms with Crippen LogP contribution in [0.1, 0.15) is 27.2 Å². The van der Waals surface area contributed by atoms with Gasteiger partial charge in [-0.05, 0) is 13.3 Å². The van der Waals surface area contributed by atoms with Gasteiger partial charge < -0.3 is 10.0 Å². The van der Waals surface area contributed by atoms with Gasteiger partial charge in [-0.3, -0.25) is 4.79 Å². The second-order valence-corrected chi connectivity index (χ2v) is 3.13. The van der Waals surface area contributed by atoms with Crippen molar-refractivity contribution in [1.82, 2.24) is 4.90 Å². The lowest BCUT2D eigenvalue weighted by Crippen LogP contribution is -2.67. The largest absolute Gasteiger partial charge is 0.389 e. The highest BCUT2D eigenvalue weighted by Gasteiger charge is 2.44. The molecule has 1 heterocycles. The Bertz CT molecular complexity index is 169. The van der Waals surface area contributed by atoms with Crippen molar-refractivity contribution in [2.75, 3.05) is 0 Å². The normalized spacial score (nSPS) is 36.7. The van der Waals surface area contributed by atoms with Crippen LogP contribution in [0.25, 0.3) is 0 Å². The minimum Gasteiger partial charge on any atom is -0.389 e. The molecule has 1 saturated heterocycles. The van der Waals surface area contributed by atoms with Crippen LogP contribution in [0.3, 0.4) is 0 Å². The predicted molar refractivity (Wildman–Crippen MR) is 42.1 cm³/mol. The minimum atomic E-state index is -0.316. The van der Waals surface area contributed by atoms with E-state index in [9.17, 15) is 9.90 Å². The fraction of sp³-hybridized carbons (Fsp3) is 0.875. The van der Waals surface area contributed by atoms with E-state index in [0.717, 1.165) is 6.42 Å². The standard InChI is InChI=1S/C8H15NO2/c1-4-7-8(11)5(2)9(7)6(3)10/h5,7-8,11H,4H2,1-3H3/t5?,7-,8-/m0/s1. The van der Waals surface area contributed by atoms with E-state index in [1.165, 1.54) is 0 Å². The van der Waals surface area contributed by atoms with Crippen molar-refractivity contribution in [3.05, 3.63) is 0 Å². The van der Waals surface area contributed by atoms with Crippen LogP contribution in [0.15, 0.2) is 0 Å². The molecule has 1 aliphatic rings. The van der Waals surface area contributed by atoms with E-state index in [0.29, 0.717) is 0 Å².